The molecule has 0 amide bonds. The van der Waals surface area contributed by atoms with Gasteiger partial charge in [-0.1, -0.05) is 0 Å². The molecule has 0 aromatic carbocycles. The molecular weight excluding hydrogens is 190 g/mol. The average molecular weight is 203 g/mol. The summed E-state index contributed by atoms with van der Waals surface area (Å²) in [7, 11) is -2.97. The molecule has 3 rings (SSSR count). The van der Waals surface area contributed by atoms with Crippen LogP contribution in [0.1, 0.15) is 12.8 Å². The molecule has 1 unspecified atom stereocenters. The van der Waals surface area contributed by atoms with E-state index in [0.29, 0.717) is 11.8 Å². The van der Waals surface area contributed by atoms with Gasteiger partial charge in [-0.25, -0.2) is 13.1 Å². The third kappa shape index (κ3) is 1.30. The highest BCUT2D eigenvalue weighted by molar-refractivity contribution is 7.90. The summed E-state index contributed by atoms with van der Waals surface area (Å²) in [5, 5.41) is -0.0882. The third-order valence-electron chi connectivity index (χ3n) is 3.22. The van der Waals surface area contributed by atoms with Gasteiger partial charge >= 0.3 is 0 Å². The molecule has 0 spiro atoms. The molecule has 5 heteroatoms. The van der Waals surface area contributed by atoms with E-state index in [9.17, 15) is 8.42 Å². The lowest BCUT2D eigenvalue weighted by Crippen LogP contribution is -2.32. The number of hydrogen-bond donors (Lipinski definition) is 1. The number of nitrogens with one attached hydrogen (secondary N) is 1. The predicted molar refractivity (Wildman–Crippen MR) is 46.7 cm³/mol. The summed E-state index contributed by atoms with van der Waals surface area (Å²) in [6.45, 7) is 1.48. The van der Waals surface area contributed by atoms with Crippen molar-refractivity contribution < 1.29 is 13.2 Å². The second-order valence-electron chi connectivity index (χ2n) is 4.25. The summed E-state index contributed by atoms with van der Waals surface area (Å²) in [5.74, 6) is 0.932. The van der Waals surface area contributed by atoms with Gasteiger partial charge in [-0.3, -0.25) is 0 Å². The van der Waals surface area contributed by atoms with Gasteiger partial charge in [0.05, 0.1) is 18.5 Å². The topological polar surface area (TPSA) is 55.4 Å². The fourth-order valence-electron chi connectivity index (χ4n) is 2.08. The molecule has 2 saturated carbocycles. The molecule has 0 radical (unpaired) electrons. The molecule has 74 valence electrons. The van der Waals surface area contributed by atoms with Crippen molar-refractivity contribution in [2.45, 2.75) is 24.1 Å². The zero-order chi connectivity index (χ0) is 9.05. The number of rotatable bonds is 3. The minimum absolute atomic E-state index is 0.0882. The molecule has 1 N–H and O–H groups in total. The van der Waals surface area contributed by atoms with Crippen LogP contribution in [-0.4, -0.2) is 32.9 Å². The lowest BCUT2D eigenvalue weighted by molar-refractivity contribution is 0.159. The Kier molecular flexibility index (Phi) is 1.55. The highest BCUT2D eigenvalue weighted by Gasteiger charge is 2.56. The van der Waals surface area contributed by atoms with Crippen molar-refractivity contribution in [1.82, 2.24) is 4.72 Å². The number of hydrogen-bond acceptors (Lipinski definition) is 3. The molecule has 3 fully saturated rings. The molecule has 1 heterocycles. The van der Waals surface area contributed by atoms with Crippen LogP contribution in [0.25, 0.3) is 0 Å². The van der Waals surface area contributed by atoms with E-state index in [1.54, 1.807) is 0 Å². The fourth-order valence-corrected chi connectivity index (χ4v) is 3.76. The quantitative estimate of drug-likeness (QED) is 0.686. The van der Waals surface area contributed by atoms with Crippen LogP contribution in [-0.2, 0) is 14.8 Å². The van der Waals surface area contributed by atoms with Crippen LogP contribution >= 0.6 is 0 Å². The van der Waals surface area contributed by atoms with E-state index in [2.05, 4.69) is 4.72 Å². The Morgan fingerprint density at radius 3 is 2.31 bits per heavy atom. The molecular formula is C8H13NO3S. The van der Waals surface area contributed by atoms with Gasteiger partial charge in [0.25, 0.3) is 0 Å². The first kappa shape index (κ1) is 8.20. The van der Waals surface area contributed by atoms with E-state index in [4.69, 9.17) is 4.74 Å². The average Bonchev–Trinajstić information content (AvgIpc) is 2.94. The van der Waals surface area contributed by atoms with Crippen LogP contribution in [0.4, 0.5) is 0 Å². The largest absolute Gasteiger partial charge is 0.381 e. The van der Waals surface area contributed by atoms with Gasteiger partial charge in [0.15, 0.2) is 0 Å². The lowest BCUT2D eigenvalue weighted by atomic mass is 10.4. The number of fused-ring (bicyclic) bond motifs is 1. The van der Waals surface area contributed by atoms with Crippen molar-refractivity contribution >= 4 is 10.0 Å². The minimum atomic E-state index is -2.97. The molecule has 13 heavy (non-hydrogen) atoms. The number of ether oxygens (including phenoxy) is 1. The van der Waals surface area contributed by atoms with Crippen LogP contribution in [0.3, 0.4) is 0 Å². The van der Waals surface area contributed by atoms with Crippen molar-refractivity contribution in [3.63, 3.8) is 0 Å². The van der Waals surface area contributed by atoms with E-state index in [-0.39, 0.29) is 11.3 Å². The van der Waals surface area contributed by atoms with Gasteiger partial charge in [-0.05, 0) is 12.8 Å². The van der Waals surface area contributed by atoms with Crippen LogP contribution < -0.4 is 4.72 Å². The molecule has 1 aliphatic heterocycles. The van der Waals surface area contributed by atoms with Crippen LogP contribution in [0.2, 0.25) is 0 Å². The maximum atomic E-state index is 11.5. The SMILES string of the molecule is O=S(=O)(NC1[C@H]2COC[C@@H]12)C1CC1. The standard InChI is InChI=1S/C8H13NO3S/c10-13(11,5-1-2-5)9-8-6-3-12-4-7(6)8/h5-9H,1-4H2/t6-,7+,8?. The van der Waals surface area contributed by atoms with Crippen molar-refractivity contribution in [3.8, 4) is 0 Å². The third-order valence-corrected chi connectivity index (χ3v) is 5.17. The number of sulfonamides is 1. The highest BCUT2D eigenvalue weighted by Crippen LogP contribution is 2.45. The molecule has 0 bridgehead atoms. The molecule has 0 aromatic heterocycles. The van der Waals surface area contributed by atoms with E-state index in [0.717, 1.165) is 26.1 Å². The smallest absolute Gasteiger partial charge is 0.214 e. The van der Waals surface area contributed by atoms with Gasteiger partial charge in [0.1, 0.15) is 0 Å². The second kappa shape index (κ2) is 2.46. The van der Waals surface area contributed by atoms with Crippen molar-refractivity contribution in [2.24, 2.45) is 11.8 Å². The van der Waals surface area contributed by atoms with Gasteiger partial charge in [0.2, 0.25) is 10.0 Å². The van der Waals surface area contributed by atoms with E-state index >= 15 is 0 Å². The lowest BCUT2D eigenvalue weighted by Gasteiger charge is -2.06. The first-order valence-corrected chi connectivity index (χ1v) is 6.32. The van der Waals surface area contributed by atoms with Crippen molar-refractivity contribution in [2.75, 3.05) is 13.2 Å². The summed E-state index contributed by atoms with van der Waals surface area (Å²) in [6.07, 6.45) is 1.68. The summed E-state index contributed by atoms with van der Waals surface area (Å²) in [6, 6.07) is 0.194. The Morgan fingerprint density at radius 1 is 1.15 bits per heavy atom. The molecule has 4 nitrogen and oxygen atoms in total. The Balaban J connectivity index is 1.64. The monoisotopic (exact) mass is 203 g/mol. The second-order valence-corrected chi connectivity index (χ2v) is 6.25. The van der Waals surface area contributed by atoms with Crippen molar-refractivity contribution in [1.29, 1.82) is 0 Å². The minimum Gasteiger partial charge on any atom is -0.381 e. The van der Waals surface area contributed by atoms with E-state index < -0.39 is 10.0 Å². The van der Waals surface area contributed by atoms with Crippen LogP contribution in [0.5, 0.6) is 0 Å². The van der Waals surface area contributed by atoms with E-state index in [1.165, 1.54) is 0 Å². The first-order valence-electron chi connectivity index (χ1n) is 4.77. The van der Waals surface area contributed by atoms with E-state index in [1.807, 2.05) is 0 Å². The van der Waals surface area contributed by atoms with Crippen LogP contribution in [0, 0.1) is 11.8 Å². The summed E-state index contributed by atoms with van der Waals surface area (Å²) in [4.78, 5) is 0. The van der Waals surface area contributed by atoms with Gasteiger partial charge in [-0.15, -0.1) is 0 Å². The maximum absolute atomic E-state index is 11.5. The molecule has 0 aromatic rings. The fraction of sp³-hybridized carbons (Fsp3) is 1.00. The molecule has 3 aliphatic rings. The first-order chi connectivity index (χ1) is 6.18. The van der Waals surface area contributed by atoms with Crippen molar-refractivity contribution in [3.05, 3.63) is 0 Å². The molecule has 3 atom stereocenters. The maximum Gasteiger partial charge on any atom is 0.214 e. The zero-order valence-electron chi connectivity index (χ0n) is 7.27. The van der Waals surface area contributed by atoms with Crippen LogP contribution in [0.15, 0.2) is 0 Å². The Morgan fingerprint density at radius 2 is 1.77 bits per heavy atom. The predicted octanol–water partition coefficient (Wildman–Crippen LogP) is -0.287. The summed E-state index contributed by atoms with van der Waals surface area (Å²) >= 11 is 0. The molecule has 1 saturated heterocycles. The normalized spacial score (nSPS) is 43.2. The summed E-state index contributed by atoms with van der Waals surface area (Å²) < 4.78 is 31.0. The Hall–Kier alpha value is -0.130. The Labute approximate surface area is 77.7 Å². The Bertz CT molecular complexity index is 312. The summed E-state index contributed by atoms with van der Waals surface area (Å²) in [5.41, 5.74) is 0. The molecule has 2 aliphatic carbocycles. The van der Waals surface area contributed by atoms with Gasteiger partial charge < -0.3 is 4.74 Å². The zero-order valence-corrected chi connectivity index (χ0v) is 8.09. The highest BCUT2D eigenvalue weighted by atomic mass is 32.2. The van der Waals surface area contributed by atoms with Gasteiger partial charge in [-0.2, -0.15) is 0 Å². The van der Waals surface area contributed by atoms with Gasteiger partial charge in [0, 0.05) is 17.9 Å².